The average molecular weight is 286 g/mol. The first-order valence-electron chi connectivity index (χ1n) is 6.67. The molecule has 1 aliphatic rings. The molecule has 2 aromatic rings. The van der Waals surface area contributed by atoms with Crippen molar-refractivity contribution >= 4 is 17.3 Å². The van der Waals surface area contributed by atoms with Gasteiger partial charge in [0.2, 0.25) is 0 Å². The summed E-state index contributed by atoms with van der Waals surface area (Å²) >= 11 is 6.22. The Hall–Kier alpha value is -1.80. The van der Waals surface area contributed by atoms with Gasteiger partial charge in [-0.2, -0.15) is 0 Å². The molecule has 0 spiro atoms. The van der Waals surface area contributed by atoms with E-state index in [9.17, 15) is 0 Å². The lowest BCUT2D eigenvalue weighted by atomic mass is 9.92. The number of aryl methyl sites for hydroxylation is 1. The largest absolute Gasteiger partial charge is 0.495 e. The second-order valence-corrected chi connectivity index (χ2v) is 5.40. The van der Waals surface area contributed by atoms with Crippen LogP contribution >= 0.6 is 11.6 Å². The topological polar surface area (TPSA) is 21.6 Å². The third-order valence-electron chi connectivity index (χ3n) is 3.58. The number of ether oxygens (including phenoxy) is 1. The van der Waals surface area contributed by atoms with E-state index in [1.165, 1.54) is 11.1 Å². The molecule has 1 aliphatic heterocycles. The first-order chi connectivity index (χ1) is 9.69. The molecule has 0 fully saturated rings. The van der Waals surface area contributed by atoms with E-state index in [1.54, 1.807) is 7.11 Å². The number of halogens is 1. The van der Waals surface area contributed by atoms with E-state index < -0.39 is 0 Å². The lowest BCUT2D eigenvalue weighted by Crippen LogP contribution is -2.14. The van der Waals surface area contributed by atoms with Gasteiger partial charge in [0.1, 0.15) is 5.75 Å². The summed E-state index contributed by atoms with van der Waals surface area (Å²) < 4.78 is 5.33. The van der Waals surface area contributed by atoms with E-state index in [4.69, 9.17) is 21.3 Å². The zero-order chi connectivity index (χ0) is 14.1. The number of hydrogen-bond donors (Lipinski definition) is 0. The van der Waals surface area contributed by atoms with Crippen molar-refractivity contribution in [2.75, 3.05) is 13.7 Å². The van der Waals surface area contributed by atoms with E-state index in [-0.39, 0.29) is 0 Å². The van der Waals surface area contributed by atoms with Crippen molar-refractivity contribution in [1.82, 2.24) is 0 Å². The highest BCUT2D eigenvalue weighted by Crippen LogP contribution is 2.31. The van der Waals surface area contributed by atoms with Crippen molar-refractivity contribution in [2.45, 2.75) is 13.3 Å². The molecule has 2 nitrogen and oxygen atoms in total. The Morgan fingerprint density at radius 2 is 2.05 bits per heavy atom. The summed E-state index contributed by atoms with van der Waals surface area (Å²) in [4.78, 5) is 4.71. The monoisotopic (exact) mass is 285 g/mol. The Labute approximate surface area is 124 Å². The number of fused-ring (bicyclic) bond motifs is 1. The third kappa shape index (κ3) is 2.32. The summed E-state index contributed by atoms with van der Waals surface area (Å²) in [5.41, 5.74) is 5.78. The van der Waals surface area contributed by atoms with Gasteiger partial charge in [-0.25, -0.2) is 0 Å². The molecule has 3 rings (SSSR count). The zero-order valence-corrected chi connectivity index (χ0v) is 12.4. The predicted octanol–water partition coefficient (Wildman–Crippen LogP) is 4.05. The minimum atomic E-state index is 0.664. The first kappa shape index (κ1) is 13.2. The molecular weight excluding hydrogens is 270 g/mol. The SMILES string of the molecule is COc1cc2c(cc1Cl)CCN=C2c1cccc(C)c1. The van der Waals surface area contributed by atoms with Gasteiger partial charge in [-0.05, 0) is 37.1 Å². The molecule has 0 bridgehead atoms. The third-order valence-corrected chi connectivity index (χ3v) is 3.87. The van der Waals surface area contributed by atoms with E-state index in [2.05, 4.69) is 31.2 Å². The van der Waals surface area contributed by atoms with Crippen molar-refractivity contribution in [1.29, 1.82) is 0 Å². The number of rotatable bonds is 2. The minimum absolute atomic E-state index is 0.664. The zero-order valence-electron chi connectivity index (χ0n) is 11.6. The van der Waals surface area contributed by atoms with Crippen LogP contribution in [0.3, 0.4) is 0 Å². The molecule has 1 heterocycles. The van der Waals surface area contributed by atoms with E-state index in [0.29, 0.717) is 10.8 Å². The normalized spacial score (nSPS) is 13.7. The number of benzene rings is 2. The fourth-order valence-corrected chi connectivity index (χ4v) is 2.85. The smallest absolute Gasteiger partial charge is 0.138 e. The number of methoxy groups -OCH3 is 1. The Morgan fingerprint density at radius 1 is 1.20 bits per heavy atom. The standard InChI is InChI=1S/C17H16ClNO/c1-11-4-3-5-13(8-11)17-14-10-16(20-2)15(18)9-12(14)6-7-19-17/h3-5,8-10H,6-7H2,1-2H3. The van der Waals surface area contributed by atoms with Gasteiger partial charge < -0.3 is 4.74 Å². The molecule has 0 aliphatic carbocycles. The van der Waals surface area contributed by atoms with Crippen LogP contribution in [-0.2, 0) is 6.42 Å². The molecule has 20 heavy (non-hydrogen) atoms. The maximum absolute atomic E-state index is 6.22. The van der Waals surface area contributed by atoms with Crippen LogP contribution in [0.2, 0.25) is 5.02 Å². The molecular formula is C17H16ClNO. The van der Waals surface area contributed by atoms with E-state index in [1.807, 2.05) is 12.1 Å². The number of nitrogens with zero attached hydrogens (tertiary/aromatic N) is 1. The van der Waals surface area contributed by atoms with Gasteiger partial charge >= 0.3 is 0 Å². The molecule has 0 amide bonds. The fraction of sp³-hybridized carbons (Fsp3) is 0.235. The Morgan fingerprint density at radius 3 is 2.80 bits per heavy atom. The van der Waals surface area contributed by atoms with Gasteiger partial charge in [-0.1, -0.05) is 35.4 Å². The maximum atomic E-state index is 6.22. The molecule has 102 valence electrons. The van der Waals surface area contributed by atoms with Crippen molar-refractivity contribution < 1.29 is 4.74 Å². The summed E-state index contributed by atoms with van der Waals surface area (Å²) in [6.07, 6.45) is 0.925. The molecule has 0 atom stereocenters. The Kier molecular flexibility index (Phi) is 3.49. The first-order valence-corrected chi connectivity index (χ1v) is 7.05. The summed E-state index contributed by atoms with van der Waals surface area (Å²) in [7, 11) is 1.64. The maximum Gasteiger partial charge on any atom is 0.138 e. The van der Waals surface area contributed by atoms with Gasteiger partial charge in [-0.15, -0.1) is 0 Å². The summed E-state index contributed by atoms with van der Waals surface area (Å²) in [6, 6.07) is 12.4. The van der Waals surface area contributed by atoms with Crippen LogP contribution in [0.25, 0.3) is 0 Å². The van der Waals surface area contributed by atoms with E-state index in [0.717, 1.165) is 29.8 Å². The van der Waals surface area contributed by atoms with Crippen molar-refractivity contribution in [2.24, 2.45) is 4.99 Å². The molecule has 0 unspecified atom stereocenters. The van der Waals surface area contributed by atoms with Gasteiger partial charge in [0.05, 0.1) is 17.8 Å². The molecule has 0 saturated carbocycles. The lowest BCUT2D eigenvalue weighted by molar-refractivity contribution is 0.414. The molecule has 0 radical (unpaired) electrons. The van der Waals surface area contributed by atoms with Crippen LogP contribution < -0.4 is 4.74 Å². The number of aliphatic imine (C=N–C) groups is 1. The second-order valence-electron chi connectivity index (χ2n) is 4.99. The van der Waals surface area contributed by atoms with Crippen LogP contribution in [-0.4, -0.2) is 19.4 Å². The van der Waals surface area contributed by atoms with Crippen LogP contribution in [0, 0.1) is 6.92 Å². The quantitative estimate of drug-likeness (QED) is 0.816. The molecule has 3 heteroatoms. The van der Waals surface area contributed by atoms with Gasteiger partial charge in [-0.3, -0.25) is 4.99 Å². The lowest BCUT2D eigenvalue weighted by Gasteiger charge is -2.19. The Bertz CT molecular complexity index is 691. The highest BCUT2D eigenvalue weighted by Gasteiger charge is 2.18. The van der Waals surface area contributed by atoms with Gasteiger partial charge in [0, 0.05) is 17.7 Å². The minimum Gasteiger partial charge on any atom is -0.495 e. The predicted molar refractivity (Wildman–Crippen MR) is 83.4 cm³/mol. The van der Waals surface area contributed by atoms with Gasteiger partial charge in [0.25, 0.3) is 0 Å². The highest BCUT2D eigenvalue weighted by molar-refractivity contribution is 6.32. The van der Waals surface area contributed by atoms with Crippen LogP contribution in [0.1, 0.15) is 22.3 Å². The highest BCUT2D eigenvalue weighted by atomic mass is 35.5. The summed E-state index contributed by atoms with van der Waals surface area (Å²) in [5.74, 6) is 0.702. The molecule has 2 aromatic carbocycles. The van der Waals surface area contributed by atoms with E-state index >= 15 is 0 Å². The average Bonchev–Trinajstić information content (AvgIpc) is 2.45. The number of hydrogen-bond acceptors (Lipinski definition) is 2. The molecule has 0 saturated heterocycles. The Balaban J connectivity index is 2.14. The van der Waals surface area contributed by atoms with Crippen LogP contribution in [0.4, 0.5) is 0 Å². The van der Waals surface area contributed by atoms with Crippen molar-refractivity contribution in [3.8, 4) is 5.75 Å². The van der Waals surface area contributed by atoms with Gasteiger partial charge in [0.15, 0.2) is 0 Å². The summed E-state index contributed by atoms with van der Waals surface area (Å²) in [6.45, 7) is 2.90. The van der Waals surface area contributed by atoms with Crippen LogP contribution in [0.15, 0.2) is 41.4 Å². The van der Waals surface area contributed by atoms with Crippen LogP contribution in [0.5, 0.6) is 5.75 Å². The van der Waals surface area contributed by atoms with Crippen molar-refractivity contribution in [3.63, 3.8) is 0 Å². The fourth-order valence-electron chi connectivity index (χ4n) is 2.59. The second kappa shape index (κ2) is 5.29. The van der Waals surface area contributed by atoms with Crippen molar-refractivity contribution in [3.05, 3.63) is 63.7 Å². The molecule has 0 aromatic heterocycles. The molecule has 0 N–H and O–H groups in total. The summed E-state index contributed by atoms with van der Waals surface area (Å²) in [5, 5.41) is 0.664.